The third-order valence-corrected chi connectivity index (χ3v) is 8.49. The molecule has 9 nitrogen and oxygen atoms in total. The van der Waals surface area contributed by atoms with Crippen LogP contribution < -0.4 is 25.1 Å². The van der Waals surface area contributed by atoms with Gasteiger partial charge in [-0.25, -0.2) is 0 Å². The summed E-state index contributed by atoms with van der Waals surface area (Å²) >= 11 is 6.53. The standard InChI is InChI=1S/C28H36ClN3O6/c1-15-9-23(36-4)21(28(34)31-15)11-30-27(33)20-10-22(29)26-25(16(20)2)38-24(14-37-26)17-5-7-18(8-6-17)32-12-19(13-32)35-3/h9-10,17-19,24H,5-8,11-14H2,1-4H3,(H,30,33)(H,31,34). The van der Waals surface area contributed by atoms with Crippen LogP contribution in [0.25, 0.3) is 0 Å². The van der Waals surface area contributed by atoms with E-state index in [-0.39, 0.29) is 24.1 Å². The molecule has 1 saturated heterocycles. The number of aromatic nitrogens is 1. The van der Waals surface area contributed by atoms with Gasteiger partial charge in [0.15, 0.2) is 11.5 Å². The minimum Gasteiger partial charge on any atom is -0.496 e. The Hall–Kier alpha value is -2.75. The molecule has 2 N–H and O–H groups in total. The van der Waals surface area contributed by atoms with Crippen molar-refractivity contribution < 1.29 is 23.7 Å². The molecule has 2 fully saturated rings. The zero-order chi connectivity index (χ0) is 27.0. The lowest BCUT2D eigenvalue weighted by atomic mass is 9.81. The highest BCUT2D eigenvalue weighted by atomic mass is 35.5. The second-order valence-corrected chi connectivity index (χ2v) is 11.0. The number of ether oxygens (including phenoxy) is 4. The van der Waals surface area contributed by atoms with Crippen LogP contribution in [0.1, 0.15) is 52.9 Å². The highest BCUT2D eigenvalue weighted by molar-refractivity contribution is 6.32. The maximum atomic E-state index is 13.2. The fraction of sp³-hybridized carbons (Fsp3) is 0.571. The van der Waals surface area contributed by atoms with Crippen molar-refractivity contribution in [2.24, 2.45) is 5.92 Å². The summed E-state index contributed by atoms with van der Waals surface area (Å²) in [4.78, 5) is 30.9. The molecule has 3 heterocycles. The van der Waals surface area contributed by atoms with Crippen molar-refractivity contribution in [3.63, 3.8) is 0 Å². The summed E-state index contributed by atoms with van der Waals surface area (Å²) in [5, 5.41) is 3.15. The molecule has 1 atom stereocenters. The van der Waals surface area contributed by atoms with Crippen molar-refractivity contribution in [1.82, 2.24) is 15.2 Å². The number of likely N-dealkylation sites (tertiary alicyclic amines) is 1. The number of hydrogen-bond donors (Lipinski definition) is 2. The smallest absolute Gasteiger partial charge is 0.256 e. The van der Waals surface area contributed by atoms with Crippen LogP contribution in [-0.4, -0.2) is 68.0 Å². The lowest BCUT2D eigenvalue weighted by molar-refractivity contribution is -0.0649. The van der Waals surface area contributed by atoms with Gasteiger partial charge >= 0.3 is 0 Å². The van der Waals surface area contributed by atoms with E-state index in [2.05, 4.69) is 15.2 Å². The average molecular weight is 546 g/mol. The van der Waals surface area contributed by atoms with E-state index in [4.69, 9.17) is 30.5 Å². The van der Waals surface area contributed by atoms with Gasteiger partial charge in [0.1, 0.15) is 18.5 Å². The van der Waals surface area contributed by atoms with E-state index in [9.17, 15) is 9.59 Å². The van der Waals surface area contributed by atoms with Crippen molar-refractivity contribution in [2.75, 3.05) is 33.9 Å². The molecule has 2 aromatic rings. The highest BCUT2D eigenvalue weighted by Gasteiger charge is 2.38. The SMILES string of the molecule is COc1cc(C)[nH]c(=O)c1CNC(=O)c1cc(Cl)c2c(c1C)OC(C1CCC(N3CC(OC)C3)CC1)CO2. The Balaban J connectivity index is 1.26. The predicted molar refractivity (Wildman–Crippen MR) is 144 cm³/mol. The molecule has 1 aliphatic carbocycles. The fourth-order valence-corrected chi connectivity index (χ4v) is 6.10. The zero-order valence-electron chi connectivity index (χ0n) is 22.4. The number of carbonyl (C=O) groups excluding carboxylic acids is 1. The summed E-state index contributed by atoms with van der Waals surface area (Å²) in [7, 11) is 3.28. The summed E-state index contributed by atoms with van der Waals surface area (Å²) in [6.45, 7) is 6.11. The minimum absolute atomic E-state index is 0.0110. The van der Waals surface area contributed by atoms with E-state index in [0.717, 1.165) is 38.8 Å². The van der Waals surface area contributed by atoms with Crippen molar-refractivity contribution >= 4 is 17.5 Å². The number of pyridine rings is 1. The number of carbonyl (C=O) groups is 1. The van der Waals surface area contributed by atoms with E-state index >= 15 is 0 Å². The number of nitrogens with one attached hydrogen (secondary N) is 2. The van der Waals surface area contributed by atoms with E-state index in [0.29, 0.717) is 69.3 Å². The lowest BCUT2D eigenvalue weighted by Gasteiger charge is -2.46. The zero-order valence-corrected chi connectivity index (χ0v) is 23.2. The number of methoxy groups -OCH3 is 2. The molecule has 5 rings (SSSR count). The van der Waals surface area contributed by atoms with Gasteiger partial charge in [0.2, 0.25) is 0 Å². The second-order valence-electron chi connectivity index (χ2n) is 10.5. The third-order valence-electron chi connectivity index (χ3n) is 8.21. The number of fused-ring (bicyclic) bond motifs is 1. The maximum absolute atomic E-state index is 13.2. The Bertz CT molecular complexity index is 1250. The summed E-state index contributed by atoms with van der Waals surface area (Å²) in [6.07, 6.45) is 4.70. The topological polar surface area (TPSA) is 102 Å². The van der Waals surface area contributed by atoms with E-state index < -0.39 is 0 Å². The second kappa shape index (κ2) is 11.2. The first-order chi connectivity index (χ1) is 18.3. The minimum atomic E-state index is -0.357. The van der Waals surface area contributed by atoms with Gasteiger partial charge in [0.05, 0.1) is 30.3 Å². The molecule has 2 aliphatic heterocycles. The molecule has 1 aromatic carbocycles. The van der Waals surface area contributed by atoms with Crippen LogP contribution in [0.3, 0.4) is 0 Å². The maximum Gasteiger partial charge on any atom is 0.256 e. The van der Waals surface area contributed by atoms with Crippen molar-refractivity contribution in [3.8, 4) is 17.2 Å². The van der Waals surface area contributed by atoms with Gasteiger partial charge in [0.25, 0.3) is 11.5 Å². The molecule has 38 heavy (non-hydrogen) atoms. The molecular weight excluding hydrogens is 510 g/mol. The van der Waals surface area contributed by atoms with Crippen molar-refractivity contribution in [3.05, 3.63) is 49.9 Å². The first-order valence-electron chi connectivity index (χ1n) is 13.2. The number of nitrogens with zero attached hydrogens (tertiary/aromatic N) is 1. The number of amides is 1. The molecule has 0 bridgehead atoms. The number of aromatic amines is 1. The number of hydrogen-bond acceptors (Lipinski definition) is 7. The average Bonchev–Trinajstić information content (AvgIpc) is 2.89. The first-order valence-corrected chi connectivity index (χ1v) is 13.6. The van der Waals surface area contributed by atoms with Gasteiger partial charge in [-0.2, -0.15) is 0 Å². The quantitative estimate of drug-likeness (QED) is 0.548. The highest BCUT2D eigenvalue weighted by Crippen LogP contribution is 2.45. The first kappa shape index (κ1) is 26.8. The molecule has 1 saturated carbocycles. The Morgan fingerprint density at radius 3 is 2.58 bits per heavy atom. The van der Waals surface area contributed by atoms with Gasteiger partial charge in [-0.3, -0.25) is 14.5 Å². The predicted octanol–water partition coefficient (Wildman–Crippen LogP) is 3.61. The van der Waals surface area contributed by atoms with E-state index in [1.807, 2.05) is 6.92 Å². The van der Waals surface area contributed by atoms with Crippen LogP contribution in [0.4, 0.5) is 0 Å². The van der Waals surface area contributed by atoms with Crippen molar-refractivity contribution in [2.45, 2.75) is 64.3 Å². The van der Waals surface area contributed by atoms with Crippen LogP contribution in [-0.2, 0) is 11.3 Å². The lowest BCUT2D eigenvalue weighted by Crippen LogP contribution is -2.57. The van der Waals surface area contributed by atoms with Crippen molar-refractivity contribution in [1.29, 1.82) is 0 Å². The van der Waals surface area contributed by atoms with Crippen LogP contribution in [0.5, 0.6) is 17.2 Å². The molecular formula is C28H36ClN3O6. The van der Waals surface area contributed by atoms with Gasteiger partial charge < -0.3 is 29.2 Å². The normalized spacial score (nSPS) is 23.6. The van der Waals surface area contributed by atoms with Gasteiger partial charge in [-0.1, -0.05) is 11.6 Å². The summed E-state index contributed by atoms with van der Waals surface area (Å²) in [6, 6.07) is 3.93. The number of halogens is 1. The number of aryl methyl sites for hydroxylation is 1. The molecule has 0 radical (unpaired) electrons. The molecule has 1 aromatic heterocycles. The summed E-state index contributed by atoms with van der Waals surface area (Å²) in [5.74, 6) is 1.46. The van der Waals surface area contributed by atoms with Gasteiger partial charge in [-0.15, -0.1) is 0 Å². The van der Waals surface area contributed by atoms with Crippen LogP contribution >= 0.6 is 11.6 Å². The third kappa shape index (κ3) is 5.24. The molecule has 206 valence electrons. The summed E-state index contributed by atoms with van der Waals surface area (Å²) < 4.78 is 23.3. The molecule has 1 unspecified atom stereocenters. The van der Waals surface area contributed by atoms with E-state index in [1.165, 1.54) is 7.11 Å². The number of H-pyrrole nitrogens is 1. The molecule has 10 heteroatoms. The molecule has 0 spiro atoms. The summed E-state index contributed by atoms with van der Waals surface area (Å²) in [5.41, 5.74) is 1.77. The Labute approximate surface area is 227 Å². The Morgan fingerprint density at radius 2 is 1.89 bits per heavy atom. The monoisotopic (exact) mass is 545 g/mol. The fourth-order valence-electron chi connectivity index (χ4n) is 5.85. The van der Waals surface area contributed by atoms with Crippen LogP contribution in [0, 0.1) is 19.8 Å². The van der Waals surface area contributed by atoms with Crippen LogP contribution in [0.15, 0.2) is 16.9 Å². The number of benzene rings is 1. The van der Waals surface area contributed by atoms with Gasteiger partial charge in [-0.05, 0) is 57.6 Å². The Kier molecular flexibility index (Phi) is 7.88. The van der Waals surface area contributed by atoms with E-state index in [1.54, 1.807) is 26.2 Å². The molecule has 1 amide bonds. The van der Waals surface area contributed by atoms with Gasteiger partial charge in [0, 0.05) is 43.1 Å². The largest absolute Gasteiger partial charge is 0.496 e. The molecule has 3 aliphatic rings. The Morgan fingerprint density at radius 1 is 1.16 bits per heavy atom. The number of rotatable bonds is 7. The van der Waals surface area contributed by atoms with Crippen LogP contribution in [0.2, 0.25) is 5.02 Å².